The molecule has 0 amide bonds. The molecule has 11 heavy (non-hydrogen) atoms. The minimum absolute atomic E-state index is 0.0541. The first-order chi connectivity index (χ1) is 5.24. The van der Waals surface area contributed by atoms with Crippen molar-refractivity contribution in [2.24, 2.45) is 4.99 Å². The van der Waals surface area contributed by atoms with Gasteiger partial charge in [0.25, 0.3) is 0 Å². The van der Waals surface area contributed by atoms with Crippen LogP contribution in [0.4, 0.5) is 0 Å². The van der Waals surface area contributed by atoms with Crippen molar-refractivity contribution in [2.75, 3.05) is 12.3 Å². The van der Waals surface area contributed by atoms with Crippen LogP contribution in [0.25, 0.3) is 0 Å². The second-order valence-electron chi connectivity index (χ2n) is 2.39. The van der Waals surface area contributed by atoms with E-state index in [9.17, 15) is 4.79 Å². The number of ketones is 1. The summed E-state index contributed by atoms with van der Waals surface area (Å²) in [5.41, 5.74) is 0. The predicted octanol–water partition coefficient (Wildman–Crippen LogP) is 0.656. The Bertz CT molecular complexity index is 191. The van der Waals surface area contributed by atoms with E-state index in [-0.39, 0.29) is 11.8 Å². The highest BCUT2D eigenvalue weighted by molar-refractivity contribution is 8.13. The normalized spacial score (nSPS) is 24.4. The molecule has 1 aliphatic heterocycles. The van der Waals surface area contributed by atoms with Gasteiger partial charge in [-0.05, 0) is 12.7 Å². The van der Waals surface area contributed by atoms with Crippen molar-refractivity contribution in [2.45, 2.75) is 19.9 Å². The number of Topliss-reactive ketones (excluding diaryl/α,β-unsaturated/α-hetero) is 1. The number of carbonyl (C=O) groups is 1. The van der Waals surface area contributed by atoms with Crippen molar-refractivity contribution >= 4 is 22.7 Å². The summed E-state index contributed by atoms with van der Waals surface area (Å²) in [6.07, 6.45) is 0. The molecule has 0 unspecified atom stereocenters. The van der Waals surface area contributed by atoms with Gasteiger partial charge in [-0.3, -0.25) is 9.79 Å². The third-order valence-corrected chi connectivity index (χ3v) is 2.29. The number of amidine groups is 1. The predicted molar refractivity (Wildman–Crippen MR) is 48.0 cm³/mol. The molecule has 0 saturated heterocycles. The molecule has 1 aliphatic rings. The number of thioether (sulfide) groups is 1. The third-order valence-electron chi connectivity index (χ3n) is 1.48. The van der Waals surface area contributed by atoms with Crippen LogP contribution in [-0.2, 0) is 4.79 Å². The third kappa shape index (κ3) is 2.22. The van der Waals surface area contributed by atoms with E-state index in [1.807, 2.05) is 6.92 Å². The molecule has 4 heteroatoms. The van der Waals surface area contributed by atoms with Crippen molar-refractivity contribution in [3.63, 3.8) is 0 Å². The molecule has 62 valence electrons. The molecule has 3 nitrogen and oxygen atoms in total. The Labute approximate surface area is 70.7 Å². The highest BCUT2D eigenvalue weighted by Gasteiger charge is 2.18. The summed E-state index contributed by atoms with van der Waals surface area (Å²) in [7, 11) is 0. The summed E-state index contributed by atoms with van der Waals surface area (Å²) < 4.78 is 0. The SMILES string of the molecule is CCSC1=NCC(=O)[C@@H](C)N1. The fourth-order valence-corrected chi connectivity index (χ4v) is 1.51. The van der Waals surface area contributed by atoms with E-state index in [0.717, 1.165) is 10.9 Å². The van der Waals surface area contributed by atoms with Gasteiger partial charge >= 0.3 is 0 Å². The molecule has 0 aromatic heterocycles. The van der Waals surface area contributed by atoms with Gasteiger partial charge in [0.1, 0.15) is 6.54 Å². The summed E-state index contributed by atoms with van der Waals surface area (Å²) in [5.74, 6) is 1.16. The van der Waals surface area contributed by atoms with Gasteiger partial charge in [0.05, 0.1) is 6.04 Å². The second-order valence-corrected chi connectivity index (χ2v) is 3.64. The van der Waals surface area contributed by atoms with Gasteiger partial charge in [-0.1, -0.05) is 18.7 Å². The maximum Gasteiger partial charge on any atom is 0.176 e. The topological polar surface area (TPSA) is 41.5 Å². The molecule has 0 aromatic rings. The minimum Gasteiger partial charge on any atom is -0.355 e. The Morgan fingerprint density at radius 3 is 3.09 bits per heavy atom. The van der Waals surface area contributed by atoms with Crippen molar-refractivity contribution in [1.82, 2.24) is 5.32 Å². The highest BCUT2D eigenvalue weighted by Crippen LogP contribution is 2.06. The molecule has 0 bridgehead atoms. The molecular weight excluding hydrogens is 160 g/mol. The van der Waals surface area contributed by atoms with Crippen LogP contribution in [0.1, 0.15) is 13.8 Å². The van der Waals surface area contributed by atoms with Crippen LogP contribution in [0.5, 0.6) is 0 Å². The fourth-order valence-electron chi connectivity index (χ4n) is 0.822. The lowest BCUT2D eigenvalue weighted by Crippen LogP contribution is -2.42. The van der Waals surface area contributed by atoms with Crippen LogP contribution >= 0.6 is 11.8 Å². The first kappa shape index (κ1) is 8.59. The Morgan fingerprint density at radius 2 is 2.55 bits per heavy atom. The van der Waals surface area contributed by atoms with E-state index in [2.05, 4.69) is 17.2 Å². The quantitative estimate of drug-likeness (QED) is 0.631. The van der Waals surface area contributed by atoms with E-state index in [1.54, 1.807) is 11.8 Å². The molecule has 1 rings (SSSR count). The Morgan fingerprint density at radius 1 is 1.82 bits per heavy atom. The molecule has 0 fully saturated rings. The van der Waals surface area contributed by atoms with E-state index < -0.39 is 0 Å². The molecule has 0 aromatic carbocycles. The lowest BCUT2D eigenvalue weighted by Gasteiger charge is -2.18. The van der Waals surface area contributed by atoms with Crippen LogP contribution in [0, 0.1) is 0 Å². The number of aliphatic imine (C=N–C) groups is 1. The largest absolute Gasteiger partial charge is 0.355 e. The van der Waals surface area contributed by atoms with Crippen LogP contribution in [0.3, 0.4) is 0 Å². The first-order valence-corrected chi connectivity index (χ1v) is 4.69. The number of nitrogens with zero attached hydrogens (tertiary/aromatic N) is 1. The highest BCUT2D eigenvalue weighted by atomic mass is 32.2. The van der Waals surface area contributed by atoms with Crippen LogP contribution in [0.15, 0.2) is 4.99 Å². The van der Waals surface area contributed by atoms with Crippen molar-refractivity contribution in [3.05, 3.63) is 0 Å². The summed E-state index contributed by atoms with van der Waals surface area (Å²) in [6.45, 7) is 4.28. The molecule has 1 heterocycles. The zero-order valence-electron chi connectivity index (χ0n) is 6.76. The standard InChI is InChI=1S/C7H12N2OS/c1-3-11-7-8-4-6(10)5(2)9-7/h5H,3-4H2,1-2H3,(H,8,9)/t5-/m1/s1. The zero-order valence-corrected chi connectivity index (χ0v) is 7.57. The Balaban J connectivity index is 2.51. The van der Waals surface area contributed by atoms with E-state index >= 15 is 0 Å². The van der Waals surface area contributed by atoms with E-state index in [4.69, 9.17) is 0 Å². The zero-order chi connectivity index (χ0) is 8.27. The summed E-state index contributed by atoms with van der Waals surface area (Å²) >= 11 is 1.64. The molecular formula is C7H12N2OS. The van der Waals surface area contributed by atoms with Gasteiger partial charge in [0.2, 0.25) is 0 Å². The van der Waals surface area contributed by atoms with Crippen molar-refractivity contribution in [3.8, 4) is 0 Å². The fraction of sp³-hybridized carbons (Fsp3) is 0.714. The Kier molecular flexibility index (Phi) is 2.93. The smallest absolute Gasteiger partial charge is 0.176 e. The van der Waals surface area contributed by atoms with Crippen LogP contribution in [-0.4, -0.2) is 29.3 Å². The number of carbonyl (C=O) groups excluding carboxylic acids is 1. The number of hydrogen-bond donors (Lipinski definition) is 1. The molecule has 0 aliphatic carbocycles. The maximum absolute atomic E-state index is 11.0. The number of hydrogen-bond acceptors (Lipinski definition) is 4. The lowest BCUT2D eigenvalue weighted by atomic mass is 10.2. The molecule has 0 radical (unpaired) electrons. The molecule has 0 spiro atoms. The lowest BCUT2D eigenvalue weighted by molar-refractivity contribution is -0.119. The number of rotatable bonds is 1. The van der Waals surface area contributed by atoms with Crippen molar-refractivity contribution in [1.29, 1.82) is 0 Å². The monoisotopic (exact) mass is 172 g/mol. The van der Waals surface area contributed by atoms with Gasteiger partial charge in [0, 0.05) is 0 Å². The van der Waals surface area contributed by atoms with Crippen LogP contribution < -0.4 is 5.32 Å². The van der Waals surface area contributed by atoms with E-state index in [1.165, 1.54) is 0 Å². The van der Waals surface area contributed by atoms with Gasteiger partial charge in [-0.25, -0.2) is 0 Å². The van der Waals surface area contributed by atoms with Gasteiger partial charge in [-0.2, -0.15) is 0 Å². The maximum atomic E-state index is 11.0. The summed E-state index contributed by atoms with van der Waals surface area (Å²) in [4.78, 5) is 15.0. The summed E-state index contributed by atoms with van der Waals surface area (Å²) in [5, 5.41) is 3.93. The van der Waals surface area contributed by atoms with Gasteiger partial charge < -0.3 is 5.32 Å². The van der Waals surface area contributed by atoms with Crippen LogP contribution in [0.2, 0.25) is 0 Å². The van der Waals surface area contributed by atoms with Gasteiger partial charge in [-0.15, -0.1) is 0 Å². The molecule has 1 N–H and O–H groups in total. The average Bonchev–Trinajstić information content (AvgIpc) is 1.98. The first-order valence-electron chi connectivity index (χ1n) is 3.70. The average molecular weight is 172 g/mol. The Hall–Kier alpha value is -0.510. The minimum atomic E-state index is -0.0541. The number of nitrogens with one attached hydrogen (secondary N) is 1. The molecule has 1 atom stereocenters. The molecule has 0 saturated carbocycles. The van der Waals surface area contributed by atoms with E-state index in [0.29, 0.717) is 6.54 Å². The van der Waals surface area contributed by atoms with Crippen molar-refractivity contribution < 1.29 is 4.79 Å². The summed E-state index contributed by atoms with van der Waals surface area (Å²) in [6, 6.07) is -0.0541. The second kappa shape index (κ2) is 3.76. The van der Waals surface area contributed by atoms with Gasteiger partial charge in [0.15, 0.2) is 11.0 Å².